The number of rotatable bonds is 3. The third-order valence-corrected chi connectivity index (χ3v) is 3.75. The van der Waals surface area contributed by atoms with E-state index in [1.807, 2.05) is 13.0 Å². The molecule has 0 aromatic heterocycles. The maximum absolute atomic E-state index is 12.3. The second-order valence-corrected chi connectivity index (χ2v) is 5.72. The van der Waals surface area contributed by atoms with Crippen molar-refractivity contribution in [3.8, 4) is 0 Å². The van der Waals surface area contributed by atoms with Crippen molar-refractivity contribution in [1.82, 2.24) is 0 Å². The van der Waals surface area contributed by atoms with Crippen LogP contribution in [0.1, 0.15) is 26.3 Å². The molecule has 2 aromatic rings. The molecule has 0 saturated carbocycles. The Bertz CT molecular complexity index is 731. The number of anilines is 1. The Hall–Kier alpha value is -1.85. The molecule has 0 heterocycles. The van der Waals surface area contributed by atoms with Crippen LogP contribution in [0.2, 0.25) is 5.02 Å². The number of benzene rings is 2. The summed E-state index contributed by atoms with van der Waals surface area (Å²) in [5.74, 6) is -1.54. The molecule has 4 nitrogen and oxygen atoms in total. The second kappa shape index (κ2) is 6.28. The smallest absolute Gasteiger partial charge is 0.337 e. The predicted octanol–water partition coefficient (Wildman–Crippen LogP) is 4.36. The fraction of sp³-hybridized carbons (Fsp3) is 0.0667. The quantitative estimate of drug-likeness (QED) is 0.846. The molecule has 6 heteroatoms. The van der Waals surface area contributed by atoms with Crippen molar-refractivity contribution in [1.29, 1.82) is 0 Å². The number of carbonyl (C=O) groups excluding carboxylic acids is 1. The van der Waals surface area contributed by atoms with Crippen LogP contribution >= 0.6 is 27.5 Å². The highest BCUT2D eigenvalue weighted by molar-refractivity contribution is 9.10. The molecule has 2 N–H and O–H groups in total. The summed E-state index contributed by atoms with van der Waals surface area (Å²) >= 11 is 9.16. The van der Waals surface area contributed by atoms with Crippen LogP contribution in [0, 0.1) is 6.92 Å². The highest BCUT2D eigenvalue weighted by Crippen LogP contribution is 2.24. The van der Waals surface area contributed by atoms with Gasteiger partial charge in [-0.25, -0.2) is 4.79 Å². The lowest BCUT2D eigenvalue weighted by atomic mass is 10.1. The summed E-state index contributed by atoms with van der Waals surface area (Å²) in [6.45, 7) is 1.87. The topological polar surface area (TPSA) is 66.4 Å². The minimum atomic E-state index is -1.13. The number of amides is 1. The number of halogens is 2. The summed E-state index contributed by atoms with van der Waals surface area (Å²) in [7, 11) is 0. The van der Waals surface area contributed by atoms with Crippen LogP contribution in [0.5, 0.6) is 0 Å². The van der Waals surface area contributed by atoms with Crippen molar-refractivity contribution in [2.45, 2.75) is 6.92 Å². The molecule has 0 aliphatic carbocycles. The summed E-state index contributed by atoms with van der Waals surface area (Å²) in [5.41, 5.74) is 1.49. The molecule has 0 unspecified atom stereocenters. The first-order valence-corrected chi connectivity index (χ1v) is 7.16. The number of carbonyl (C=O) groups is 2. The van der Waals surface area contributed by atoms with Gasteiger partial charge in [0.25, 0.3) is 5.91 Å². The zero-order valence-corrected chi connectivity index (χ0v) is 13.3. The van der Waals surface area contributed by atoms with Gasteiger partial charge in [-0.2, -0.15) is 0 Å². The molecule has 0 radical (unpaired) electrons. The highest BCUT2D eigenvalue weighted by atomic mass is 79.9. The normalized spacial score (nSPS) is 10.2. The maximum Gasteiger partial charge on any atom is 0.337 e. The standard InChI is InChI=1S/C15H11BrClNO3/c1-8-2-5-12(16)11(6-8)14(19)18-13-7-9(17)3-4-10(13)15(20)21/h2-7H,1H3,(H,18,19)(H,20,21). The number of aromatic carboxylic acids is 1. The van der Waals surface area contributed by atoms with Crippen molar-refractivity contribution >= 4 is 45.1 Å². The largest absolute Gasteiger partial charge is 0.478 e. The van der Waals surface area contributed by atoms with Crippen molar-refractivity contribution < 1.29 is 14.7 Å². The molecular weight excluding hydrogens is 358 g/mol. The number of hydrogen-bond acceptors (Lipinski definition) is 2. The minimum Gasteiger partial charge on any atom is -0.478 e. The molecular formula is C15H11BrClNO3. The van der Waals surface area contributed by atoms with E-state index in [-0.39, 0.29) is 11.3 Å². The summed E-state index contributed by atoms with van der Waals surface area (Å²) in [5, 5.41) is 12.1. The predicted molar refractivity (Wildman–Crippen MR) is 85.2 cm³/mol. The summed E-state index contributed by atoms with van der Waals surface area (Å²) in [6, 6.07) is 9.56. The van der Waals surface area contributed by atoms with E-state index in [2.05, 4.69) is 21.2 Å². The van der Waals surface area contributed by atoms with Gasteiger partial charge in [0.05, 0.1) is 16.8 Å². The summed E-state index contributed by atoms with van der Waals surface area (Å²) in [6.07, 6.45) is 0. The third kappa shape index (κ3) is 3.62. The lowest BCUT2D eigenvalue weighted by Gasteiger charge is -2.10. The van der Waals surface area contributed by atoms with E-state index in [1.54, 1.807) is 12.1 Å². The van der Waals surface area contributed by atoms with Gasteiger partial charge in [-0.15, -0.1) is 0 Å². The molecule has 0 atom stereocenters. The Labute approximate surface area is 134 Å². The number of hydrogen-bond donors (Lipinski definition) is 2. The van der Waals surface area contributed by atoms with Crippen LogP contribution < -0.4 is 5.32 Å². The van der Waals surface area contributed by atoms with Crippen LogP contribution in [-0.2, 0) is 0 Å². The van der Waals surface area contributed by atoms with Crippen LogP contribution in [0.3, 0.4) is 0 Å². The van der Waals surface area contributed by atoms with Gasteiger partial charge in [0.1, 0.15) is 0 Å². The van der Waals surface area contributed by atoms with E-state index in [0.29, 0.717) is 15.1 Å². The Kier molecular flexibility index (Phi) is 4.65. The minimum absolute atomic E-state index is 0.0171. The Balaban J connectivity index is 2.38. The SMILES string of the molecule is Cc1ccc(Br)c(C(=O)Nc2cc(Cl)ccc2C(=O)O)c1. The van der Waals surface area contributed by atoms with Gasteiger partial charge in [-0.1, -0.05) is 23.2 Å². The summed E-state index contributed by atoms with van der Waals surface area (Å²) < 4.78 is 0.629. The first-order valence-electron chi connectivity index (χ1n) is 5.99. The maximum atomic E-state index is 12.3. The zero-order chi connectivity index (χ0) is 15.6. The van der Waals surface area contributed by atoms with Crippen LogP contribution in [-0.4, -0.2) is 17.0 Å². The van der Waals surface area contributed by atoms with E-state index in [9.17, 15) is 9.59 Å². The molecule has 108 valence electrons. The lowest BCUT2D eigenvalue weighted by Crippen LogP contribution is -2.15. The monoisotopic (exact) mass is 367 g/mol. The van der Waals surface area contributed by atoms with E-state index < -0.39 is 11.9 Å². The van der Waals surface area contributed by atoms with Crippen LogP contribution in [0.15, 0.2) is 40.9 Å². The van der Waals surface area contributed by atoms with Gasteiger partial charge in [0.2, 0.25) is 0 Å². The lowest BCUT2D eigenvalue weighted by molar-refractivity contribution is 0.0698. The Morgan fingerprint density at radius 2 is 1.86 bits per heavy atom. The van der Waals surface area contributed by atoms with E-state index in [0.717, 1.165) is 5.56 Å². The van der Waals surface area contributed by atoms with E-state index in [1.165, 1.54) is 18.2 Å². The molecule has 2 rings (SSSR count). The molecule has 21 heavy (non-hydrogen) atoms. The van der Waals surface area contributed by atoms with E-state index in [4.69, 9.17) is 16.7 Å². The first kappa shape index (κ1) is 15.5. The molecule has 0 spiro atoms. The number of carboxylic acid groups (broad SMARTS) is 1. The van der Waals surface area contributed by atoms with Crippen molar-refractivity contribution in [2.75, 3.05) is 5.32 Å². The van der Waals surface area contributed by atoms with Gasteiger partial charge < -0.3 is 10.4 Å². The highest BCUT2D eigenvalue weighted by Gasteiger charge is 2.16. The fourth-order valence-corrected chi connectivity index (χ4v) is 2.41. The number of aryl methyl sites for hydroxylation is 1. The van der Waals surface area contributed by atoms with Crippen molar-refractivity contribution in [3.05, 3.63) is 62.6 Å². The molecule has 0 bridgehead atoms. The summed E-state index contributed by atoms with van der Waals surface area (Å²) in [4.78, 5) is 23.5. The van der Waals surface area contributed by atoms with Crippen molar-refractivity contribution in [2.24, 2.45) is 0 Å². The first-order chi connectivity index (χ1) is 9.88. The van der Waals surface area contributed by atoms with Gasteiger partial charge in [0.15, 0.2) is 0 Å². The van der Waals surface area contributed by atoms with E-state index >= 15 is 0 Å². The Morgan fingerprint density at radius 3 is 2.52 bits per heavy atom. The molecule has 0 aliphatic rings. The molecule has 0 aliphatic heterocycles. The molecule has 0 fully saturated rings. The zero-order valence-electron chi connectivity index (χ0n) is 11.0. The molecule has 1 amide bonds. The number of carboxylic acids is 1. The van der Waals surface area contributed by atoms with Crippen LogP contribution in [0.25, 0.3) is 0 Å². The van der Waals surface area contributed by atoms with Gasteiger partial charge >= 0.3 is 5.97 Å². The Morgan fingerprint density at radius 1 is 1.14 bits per heavy atom. The average molecular weight is 369 g/mol. The van der Waals surface area contributed by atoms with Crippen molar-refractivity contribution in [3.63, 3.8) is 0 Å². The van der Waals surface area contributed by atoms with Crippen LogP contribution in [0.4, 0.5) is 5.69 Å². The average Bonchev–Trinajstić information content (AvgIpc) is 2.41. The van der Waals surface area contributed by atoms with Gasteiger partial charge in [0, 0.05) is 9.50 Å². The third-order valence-electron chi connectivity index (χ3n) is 2.83. The second-order valence-electron chi connectivity index (χ2n) is 4.43. The fourth-order valence-electron chi connectivity index (χ4n) is 1.81. The molecule has 2 aromatic carbocycles. The van der Waals surface area contributed by atoms with Gasteiger partial charge in [-0.3, -0.25) is 4.79 Å². The molecule has 0 saturated heterocycles. The number of nitrogens with one attached hydrogen (secondary N) is 1. The van der Waals surface area contributed by atoms with Gasteiger partial charge in [-0.05, 0) is 53.2 Å².